The molecule has 0 bridgehead atoms. The van der Waals surface area contributed by atoms with Crippen molar-refractivity contribution in [2.75, 3.05) is 13.1 Å². The number of nitrogens with zero attached hydrogens (tertiary/aromatic N) is 4. The molecule has 2 aliphatic rings. The van der Waals surface area contributed by atoms with Gasteiger partial charge in [-0.3, -0.25) is 9.80 Å². The lowest BCUT2D eigenvalue weighted by Crippen LogP contribution is -2.36. The highest BCUT2D eigenvalue weighted by molar-refractivity contribution is 6.09. The second-order valence-corrected chi connectivity index (χ2v) is 15.0. The highest BCUT2D eigenvalue weighted by Crippen LogP contribution is 2.36. The van der Waals surface area contributed by atoms with Crippen LogP contribution in [0.1, 0.15) is 91.0 Å². The van der Waals surface area contributed by atoms with E-state index in [1.807, 2.05) is 53.9 Å². The second-order valence-electron chi connectivity index (χ2n) is 15.0. The molecule has 4 heterocycles. The summed E-state index contributed by atoms with van der Waals surface area (Å²) in [4.78, 5) is 45.6. The van der Waals surface area contributed by atoms with Gasteiger partial charge in [0.25, 0.3) is 0 Å². The van der Waals surface area contributed by atoms with Crippen molar-refractivity contribution in [3.8, 4) is 22.5 Å². The monoisotopic (exact) mass is 648 g/mol. The number of hydrogen-bond acceptors (Lipinski definition) is 6. The molecule has 2 aliphatic heterocycles. The van der Waals surface area contributed by atoms with Crippen LogP contribution in [0.25, 0.3) is 44.1 Å². The molecular formula is C38H44N6O4. The van der Waals surface area contributed by atoms with Gasteiger partial charge >= 0.3 is 12.2 Å². The van der Waals surface area contributed by atoms with Gasteiger partial charge in [-0.1, -0.05) is 36.4 Å². The Labute approximate surface area is 280 Å². The Bertz CT molecular complexity index is 1850. The van der Waals surface area contributed by atoms with Crippen LogP contribution in [0.2, 0.25) is 0 Å². The molecule has 5 aromatic rings. The van der Waals surface area contributed by atoms with E-state index in [9.17, 15) is 9.59 Å². The number of aromatic amines is 2. The first-order valence-corrected chi connectivity index (χ1v) is 16.9. The molecule has 0 unspecified atom stereocenters. The molecule has 0 aliphatic carbocycles. The number of ether oxygens (including phenoxy) is 2. The second kappa shape index (κ2) is 12.0. The number of carbonyl (C=O) groups is 2. The van der Waals surface area contributed by atoms with Crippen LogP contribution in [0.4, 0.5) is 9.59 Å². The predicted molar refractivity (Wildman–Crippen MR) is 186 cm³/mol. The highest BCUT2D eigenvalue weighted by atomic mass is 16.6. The number of likely N-dealkylation sites (tertiary alicyclic amines) is 2. The van der Waals surface area contributed by atoms with Crippen LogP contribution in [-0.4, -0.2) is 66.2 Å². The third kappa shape index (κ3) is 6.35. The van der Waals surface area contributed by atoms with Crippen molar-refractivity contribution >= 4 is 33.7 Å². The Hall–Kier alpha value is -4.86. The third-order valence-electron chi connectivity index (χ3n) is 9.04. The molecule has 0 radical (unpaired) electrons. The zero-order valence-electron chi connectivity index (χ0n) is 28.6. The Morgan fingerprint density at radius 1 is 0.667 bits per heavy atom. The summed E-state index contributed by atoms with van der Waals surface area (Å²) in [5, 5.41) is 4.59. The first-order valence-electron chi connectivity index (χ1n) is 16.9. The maximum absolute atomic E-state index is 12.8. The van der Waals surface area contributed by atoms with E-state index >= 15 is 0 Å². The third-order valence-corrected chi connectivity index (χ3v) is 9.04. The summed E-state index contributed by atoms with van der Waals surface area (Å²) in [6.07, 6.45) is 6.65. The number of amides is 2. The fourth-order valence-corrected chi connectivity index (χ4v) is 6.89. The van der Waals surface area contributed by atoms with E-state index in [1.54, 1.807) is 9.80 Å². The van der Waals surface area contributed by atoms with Crippen LogP contribution in [0, 0.1) is 0 Å². The minimum Gasteiger partial charge on any atom is -0.444 e. The number of carbonyl (C=O) groups excluding carboxylic acids is 2. The minimum absolute atomic E-state index is 0.125. The standard InChI is InChI=1S/C38H44N6O4/c1-37(2,3)47-35(45)43-17-7-9-31(43)33-39-21-29(41-33)25-13-15-27-23(19-25)11-12-24-20-26(14-16-28(24)27)30-22-40-34(42-30)32-10-8-18-44(32)36(46)48-38(4,5)6/h11-16,19-22,31-32H,7-10,17-18H2,1-6H3,(H,39,41)(H,40,42)/t31-,32-/m0/s1. The SMILES string of the molecule is CC(C)(C)OC(=O)N1CCC[C@H]1c1ncc(-c2ccc3c(ccc4cc(-c5cnc([C@@H]6CCCN6C(=O)OC(C)(C)C)[nH]5)ccc43)c2)[nH]1. The van der Waals surface area contributed by atoms with Gasteiger partial charge < -0.3 is 19.4 Å². The largest absolute Gasteiger partial charge is 0.444 e. The van der Waals surface area contributed by atoms with E-state index in [2.05, 4.69) is 68.5 Å². The van der Waals surface area contributed by atoms with E-state index in [-0.39, 0.29) is 24.3 Å². The number of nitrogens with one attached hydrogen (secondary N) is 2. The van der Waals surface area contributed by atoms with Gasteiger partial charge in [-0.05, 0) is 101 Å². The summed E-state index contributed by atoms with van der Waals surface area (Å²) in [5.41, 5.74) is 2.83. The quantitative estimate of drug-likeness (QED) is 0.188. The maximum Gasteiger partial charge on any atom is 0.410 e. The molecule has 2 atom stereocenters. The van der Waals surface area contributed by atoms with Crippen molar-refractivity contribution in [2.24, 2.45) is 0 Å². The molecule has 2 fully saturated rings. The summed E-state index contributed by atoms with van der Waals surface area (Å²) in [7, 11) is 0. The molecule has 0 saturated carbocycles. The van der Waals surface area contributed by atoms with Crippen LogP contribution >= 0.6 is 0 Å². The average Bonchev–Trinajstić information content (AvgIpc) is 3.84. The van der Waals surface area contributed by atoms with Crippen molar-refractivity contribution in [3.63, 3.8) is 0 Å². The topological polar surface area (TPSA) is 116 Å². The first kappa shape index (κ1) is 31.7. The maximum atomic E-state index is 12.8. The Morgan fingerprint density at radius 2 is 1.08 bits per heavy atom. The van der Waals surface area contributed by atoms with Gasteiger partial charge in [0, 0.05) is 24.2 Å². The van der Waals surface area contributed by atoms with Crippen molar-refractivity contribution in [1.82, 2.24) is 29.7 Å². The van der Waals surface area contributed by atoms with Gasteiger partial charge in [-0.25, -0.2) is 19.6 Å². The molecule has 2 saturated heterocycles. The number of imidazole rings is 2. The smallest absolute Gasteiger partial charge is 0.410 e. The van der Waals surface area contributed by atoms with E-state index < -0.39 is 11.2 Å². The summed E-state index contributed by atoms with van der Waals surface area (Å²) >= 11 is 0. The lowest BCUT2D eigenvalue weighted by atomic mass is 9.97. The molecule has 2 N–H and O–H groups in total. The van der Waals surface area contributed by atoms with Crippen LogP contribution in [-0.2, 0) is 9.47 Å². The fourth-order valence-electron chi connectivity index (χ4n) is 6.89. The lowest BCUT2D eigenvalue weighted by molar-refractivity contribution is 0.0208. The lowest BCUT2D eigenvalue weighted by Gasteiger charge is -2.27. The first-order chi connectivity index (χ1) is 22.8. The summed E-state index contributed by atoms with van der Waals surface area (Å²) in [5.74, 6) is 1.57. The van der Waals surface area contributed by atoms with Crippen LogP contribution in [0.15, 0.2) is 60.9 Å². The van der Waals surface area contributed by atoms with Gasteiger partial charge in [-0.2, -0.15) is 0 Å². The van der Waals surface area contributed by atoms with Crippen LogP contribution in [0.3, 0.4) is 0 Å². The number of H-pyrrole nitrogens is 2. The molecule has 7 rings (SSSR count). The molecular weight excluding hydrogens is 604 g/mol. The molecule has 2 aromatic heterocycles. The van der Waals surface area contributed by atoms with Crippen molar-refractivity contribution in [1.29, 1.82) is 0 Å². The Morgan fingerprint density at radius 3 is 1.48 bits per heavy atom. The van der Waals surface area contributed by atoms with Crippen molar-refractivity contribution < 1.29 is 19.1 Å². The predicted octanol–water partition coefficient (Wildman–Crippen LogP) is 8.92. The van der Waals surface area contributed by atoms with Gasteiger partial charge in [0.15, 0.2) is 0 Å². The summed E-state index contributed by atoms with van der Waals surface area (Å²) < 4.78 is 11.3. The molecule has 0 spiro atoms. The molecule has 3 aromatic carbocycles. The van der Waals surface area contributed by atoms with E-state index in [0.29, 0.717) is 13.1 Å². The molecule has 2 amide bonds. The zero-order chi connectivity index (χ0) is 33.8. The van der Waals surface area contributed by atoms with E-state index in [0.717, 1.165) is 70.6 Å². The fraction of sp³-hybridized carbons (Fsp3) is 0.421. The van der Waals surface area contributed by atoms with Crippen LogP contribution < -0.4 is 0 Å². The number of aromatic nitrogens is 4. The van der Waals surface area contributed by atoms with Crippen molar-refractivity contribution in [2.45, 2.75) is 90.5 Å². The van der Waals surface area contributed by atoms with Gasteiger partial charge in [-0.15, -0.1) is 0 Å². The van der Waals surface area contributed by atoms with Gasteiger partial charge in [0.1, 0.15) is 22.9 Å². The number of rotatable bonds is 4. The van der Waals surface area contributed by atoms with Crippen molar-refractivity contribution in [3.05, 3.63) is 72.6 Å². The average molecular weight is 649 g/mol. The Kier molecular flexibility index (Phi) is 7.92. The van der Waals surface area contributed by atoms with Crippen LogP contribution in [0.5, 0.6) is 0 Å². The molecule has 10 nitrogen and oxygen atoms in total. The Balaban J connectivity index is 1.10. The number of fused-ring (bicyclic) bond motifs is 3. The normalized spacial score (nSPS) is 18.6. The minimum atomic E-state index is -0.542. The van der Waals surface area contributed by atoms with Gasteiger partial charge in [0.2, 0.25) is 0 Å². The summed E-state index contributed by atoms with van der Waals surface area (Å²) in [6, 6.07) is 17.0. The zero-order valence-corrected chi connectivity index (χ0v) is 28.6. The van der Waals surface area contributed by atoms with E-state index in [1.165, 1.54) is 10.8 Å². The van der Waals surface area contributed by atoms with E-state index in [4.69, 9.17) is 9.47 Å². The molecule has 250 valence electrons. The molecule has 10 heteroatoms. The highest BCUT2D eigenvalue weighted by Gasteiger charge is 2.36. The molecule has 48 heavy (non-hydrogen) atoms. The summed E-state index contributed by atoms with van der Waals surface area (Å²) in [6.45, 7) is 12.6. The number of benzene rings is 3. The number of hydrogen-bond donors (Lipinski definition) is 2. The van der Waals surface area contributed by atoms with Gasteiger partial charge in [0.05, 0.1) is 35.9 Å².